The number of dihydropyridines is 1. The fourth-order valence-electron chi connectivity index (χ4n) is 5.15. The van der Waals surface area contributed by atoms with Crippen LogP contribution in [0.25, 0.3) is 0 Å². The van der Waals surface area contributed by atoms with E-state index in [-0.39, 0.29) is 17.8 Å². The minimum Gasteiger partial charge on any atom is -0.496 e. The van der Waals surface area contributed by atoms with Gasteiger partial charge in [-0.05, 0) is 56.9 Å². The van der Waals surface area contributed by atoms with Crippen molar-refractivity contribution in [1.29, 1.82) is 0 Å². The molecule has 2 aliphatic rings. The molecule has 0 amide bonds. The summed E-state index contributed by atoms with van der Waals surface area (Å²) in [6, 6.07) is 13.3. The SMILES string of the molecule is COc1ccc([C@H]2CC(=O)C3=C(C2)NC(C)=C(C(=O)OC(C)C)[C@H]3c2ccccc2OC)cc1OC. The molecule has 0 radical (unpaired) electrons. The van der Waals surface area contributed by atoms with Crippen LogP contribution in [0, 0.1) is 0 Å². The van der Waals surface area contributed by atoms with Gasteiger partial charge in [0.05, 0.1) is 38.9 Å². The highest BCUT2D eigenvalue weighted by Crippen LogP contribution is 2.48. The number of para-hydroxylation sites is 1. The van der Waals surface area contributed by atoms with Crippen LogP contribution in [0.15, 0.2) is 65.0 Å². The molecule has 36 heavy (non-hydrogen) atoms. The van der Waals surface area contributed by atoms with Crippen LogP contribution in [0.4, 0.5) is 0 Å². The van der Waals surface area contributed by atoms with Gasteiger partial charge in [-0.25, -0.2) is 4.79 Å². The molecule has 1 N–H and O–H groups in total. The van der Waals surface area contributed by atoms with E-state index in [0.717, 1.165) is 16.8 Å². The molecular weight excluding hydrogens is 458 g/mol. The average Bonchev–Trinajstić information content (AvgIpc) is 2.86. The molecule has 0 bridgehead atoms. The standard InChI is InChI=1S/C29H33NO6/c1-16(2)36-29(32)26-17(3)30-21-13-19(18-11-12-24(34-5)25(15-18)35-6)14-22(31)28(21)27(26)20-9-7-8-10-23(20)33-4/h7-12,15-16,19,27,30H,13-14H2,1-6H3/t19-,27-/m1/s1. The highest BCUT2D eigenvalue weighted by molar-refractivity contribution is 6.04. The predicted octanol–water partition coefficient (Wildman–Crippen LogP) is 5.03. The molecule has 0 unspecified atom stereocenters. The first-order chi connectivity index (χ1) is 17.3. The van der Waals surface area contributed by atoms with E-state index < -0.39 is 11.9 Å². The van der Waals surface area contributed by atoms with E-state index in [4.69, 9.17) is 18.9 Å². The van der Waals surface area contributed by atoms with Crippen LogP contribution in [0.2, 0.25) is 0 Å². The van der Waals surface area contributed by atoms with Crippen molar-refractivity contribution in [3.8, 4) is 17.2 Å². The third-order valence-electron chi connectivity index (χ3n) is 6.72. The zero-order valence-corrected chi connectivity index (χ0v) is 21.6. The Labute approximate surface area is 212 Å². The first kappa shape index (κ1) is 25.4. The number of allylic oxidation sites excluding steroid dienone is 3. The summed E-state index contributed by atoms with van der Waals surface area (Å²) in [5.41, 5.74) is 4.29. The Hall–Kier alpha value is -3.74. The van der Waals surface area contributed by atoms with Crippen molar-refractivity contribution in [1.82, 2.24) is 5.32 Å². The van der Waals surface area contributed by atoms with Crippen molar-refractivity contribution in [2.45, 2.75) is 51.6 Å². The topological polar surface area (TPSA) is 83.1 Å². The van der Waals surface area contributed by atoms with Crippen LogP contribution in [0.5, 0.6) is 17.2 Å². The van der Waals surface area contributed by atoms with Gasteiger partial charge in [0.1, 0.15) is 5.75 Å². The lowest BCUT2D eigenvalue weighted by atomic mass is 9.71. The monoisotopic (exact) mass is 491 g/mol. The van der Waals surface area contributed by atoms with Gasteiger partial charge in [-0.2, -0.15) is 0 Å². The highest BCUT2D eigenvalue weighted by atomic mass is 16.5. The normalized spacial score (nSPS) is 19.6. The van der Waals surface area contributed by atoms with Crippen molar-refractivity contribution in [3.63, 3.8) is 0 Å². The summed E-state index contributed by atoms with van der Waals surface area (Å²) >= 11 is 0. The molecule has 2 aromatic rings. The first-order valence-electron chi connectivity index (χ1n) is 12.1. The average molecular weight is 492 g/mol. The Kier molecular flexibility index (Phi) is 7.38. The van der Waals surface area contributed by atoms with E-state index in [2.05, 4.69) is 5.32 Å². The molecule has 1 aliphatic heterocycles. The predicted molar refractivity (Wildman–Crippen MR) is 136 cm³/mol. The number of ether oxygens (including phenoxy) is 4. The number of carbonyl (C=O) groups is 2. The summed E-state index contributed by atoms with van der Waals surface area (Å²) in [6.07, 6.45) is 0.641. The van der Waals surface area contributed by atoms with Gasteiger partial charge in [0.15, 0.2) is 17.3 Å². The summed E-state index contributed by atoms with van der Waals surface area (Å²) in [6.45, 7) is 5.48. The van der Waals surface area contributed by atoms with Gasteiger partial charge in [0.25, 0.3) is 0 Å². The molecule has 7 heteroatoms. The van der Waals surface area contributed by atoms with E-state index in [0.29, 0.717) is 46.9 Å². The van der Waals surface area contributed by atoms with Crippen LogP contribution in [-0.2, 0) is 14.3 Å². The van der Waals surface area contributed by atoms with Crippen molar-refractivity contribution in [3.05, 3.63) is 76.1 Å². The molecule has 0 saturated carbocycles. The minimum absolute atomic E-state index is 0.0122. The Morgan fingerprint density at radius 3 is 2.31 bits per heavy atom. The lowest BCUT2D eigenvalue weighted by Gasteiger charge is -2.37. The molecule has 0 spiro atoms. The van der Waals surface area contributed by atoms with Crippen LogP contribution < -0.4 is 19.5 Å². The third kappa shape index (κ3) is 4.70. The largest absolute Gasteiger partial charge is 0.496 e. The quantitative estimate of drug-likeness (QED) is 0.544. The maximum Gasteiger partial charge on any atom is 0.337 e. The number of hydrogen-bond acceptors (Lipinski definition) is 7. The van der Waals surface area contributed by atoms with Crippen LogP contribution in [0.3, 0.4) is 0 Å². The molecule has 0 saturated heterocycles. The van der Waals surface area contributed by atoms with Crippen molar-refractivity contribution in [2.24, 2.45) is 0 Å². The Balaban J connectivity index is 1.80. The maximum atomic E-state index is 13.8. The molecule has 1 heterocycles. The second-order valence-electron chi connectivity index (χ2n) is 9.33. The molecule has 7 nitrogen and oxygen atoms in total. The van der Waals surface area contributed by atoms with Gasteiger partial charge in [0.2, 0.25) is 0 Å². The molecule has 1 aliphatic carbocycles. The first-order valence-corrected chi connectivity index (χ1v) is 12.1. The number of carbonyl (C=O) groups excluding carboxylic acids is 2. The number of hydrogen-bond donors (Lipinski definition) is 1. The van der Waals surface area contributed by atoms with Gasteiger partial charge < -0.3 is 24.3 Å². The van der Waals surface area contributed by atoms with Gasteiger partial charge in [-0.3, -0.25) is 4.79 Å². The maximum absolute atomic E-state index is 13.8. The molecule has 2 aromatic carbocycles. The van der Waals surface area contributed by atoms with Gasteiger partial charge >= 0.3 is 5.97 Å². The number of benzene rings is 2. The third-order valence-corrected chi connectivity index (χ3v) is 6.72. The Morgan fingerprint density at radius 1 is 0.944 bits per heavy atom. The summed E-state index contributed by atoms with van der Waals surface area (Å²) in [4.78, 5) is 27.1. The van der Waals surface area contributed by atoms with Crippen LogP contribution >= 0.6 is 0 Å². The number of ketones is 1. The zero-order valence-electron chi connectivity index (χ0n) is 21.6. The Morgan fingerprint density at radius 2 is 1.64 bits per heavy atom. The lowest BCUT2D eigenvalue weighted by Crippen LogP contribution is -2.36. The zero-order chi connectivity index (χ0) is 26.0. The summed E-state index contributed by atoms with van der Waals surface area (Å²) in [7, 11) is 4.79. The smallest absolute Gasteiger partial charge is 0.337 e. The van der Waals surface area contributed by atoms with E-state index in [9.17, 15) is 9.59 Å². The summed E-state index contributed by atoms with van der Waals surface area (Å²) in [5.74, 6) is 0.812. The van der Waals surface area contributed by atoms with E-state index in [1.165, 1.54) is 0 Å². The number of nitrogens with one attached hydrogen (secondary N) is 1. The van der Waals surface area contributed by atoms with E-state index >= 15 is 0 Å². The second kappa shape index (κ2) is 10.5. The lowest BCUT2D eigenvalue weighted by molar-refractivity contribution is -0.143. The Bertz CT molecular complexity index is 1240. The number of Topliss-reactive ketones (excluding diaryl/α,β-unsaturated/α-hetero) is 1. The van der Waals surface area contributed by atoms with Crippen molar-refractivity contribution in [2.75, 3.05) is 21.3 Å². The molecule has 190 valence electrons. The molecule has 4 rings (SSSR count). The summed E-state index contributed by atoms with van der Waals surface area (Å²) in [5, 5.41) is 3.38. The van der Waals surface area contributed by atoms with E-state index in [1.807, 2.05) is 63.2 Å². The summed E-state index contributed by atoms with van der Waals surface area (Å²) < 4.78 is 22.1. The fourth-order valence-corrected chi connectivity index (χ4v) is 5.15. The van der Waals surface area contributed by atoms with Crippen LogP contribution in [0.1, 0.15) is 56.6 Å². The van der Waals surface area contributed by atoms with Gasteiger partial charge in [-0.1, -0.05) is 24.3 Å². The van der Waals surface area contributed by atoms with E-state index in [1.54, 1.807) is 21.3 Å². The minimum atomic E-state index is -0.581. The molecular formula is C29H33NO6. The van der Waals surface area contributed by atoms with Crippen LogP contribution in [-0.4, -0.2) is 39.2 Å². The number of esters is 1. The molecule has 0 fully saturated rings. The van der Waals surface area contributed by atoms with Crippen molar-refractivity contribution < 1.29 is 28.5 Å². The number of rotatable bonds is 7. The van der Waals surface area contributed by atoms with Crippen molar-refractivity contribution >= 4 is 11.8 Å². The highest BCUT2D eigenvalue weighted by Gasteiger charge is 2.42. The van der Waals surface area contributed by atoms with Gasteiger partial charge in [-0.15, -0.1) is 0 Å². The van der Waals surface area contributed by atoms with Gasteiger partial charge in [0, 0.05) is 29.0 Å². The number of methoxy groups -OCH3 is 3. The second-order valence-corrected chi connectivity index (χ2v) is 9.33. The molecule has 2 atom stereocenters. The molecule has 0 aromatic heterocycles. The fraction of sp³-hybridized carbons (Fsp3) is 0.379.